The number of aliphatic hydroxyl groups excluding tert-OH is 1. The smallest absolute Gasteiger partial charge is 0.405 e. The van der Waals surface area contributed by atoms with Crippen molar-refractivity contribution in [1.82, 2.24) is 16.0 Å². The van der Waals surface area contributed by atoms with Gasteiger partial charge in [-0.05, 0) is 30.9 Å². The Bertz CT molecular complexity index is 891. The number of urea groups is 1. The minimum atomic E-state index is -1.41. The van der Waals surface area contributed by atoms with E-state index in [9.17, 15) is 34.4 Å². The quantitative estimate of drug-likeness (QED) is 0.127. The lowest BCUT2D eigenvalue weighted by atomic mass is 10.0. The lowest BCUT2D eigenvalue weighted by Crippen LogP contribution is -2.54. The van der Waals surface area contributed by atoms with Crippen LogP contribution in [-0.2, 0) is 16.2 Å². The molecule has 2 atom stereocenters. The second-order valence-corrected chi connectivity index (χ2v) is 7.41. The van der Waals surface area contributed by atoms with Crippen LogP contribution in [0.3, 0.4) is 0 Å². The molecule has 182 valence electrons. The van der Waals surface area contributed by atoms with Crippen LogP contribution in [0, 0.1) is 16.0 Å². The summed E-state index contributed by atoms with van der Waals surface area (Å²) in [5.74, 6) is -1.88. The van der Waals surface area contributed by atoms with Gasteiger partial charge in [0.2, 0.25) is 11.8 Å². The molecule has 0 unspecified atom stereocenters. The average molecular weight is 468 g/mol. The first-order valence-electron chi connectivity index (χ1n) is 9.98. The van der Waals surface area contributed by atoms with Crippen LogP contribution in [0.25, 0.3) is 0 Å². The lowest BCUT2D eigenvalue weighted by Gasteiger charge is -2.24. The number of nitro groups is 1. The number of amides is 5. The molecule has 0 spiro atoms. The molecule has 14 nitrogen and oxygen atoms in total. The fourth-order valence-electron chi connectivity index (χ4n) is 2.89. The van der Waals surface area contributed by atoms with Gasteiger partial charge in [0.05, 0.1) is 17.1 Å². The average Bonchev–Trinajstić information content (AvgIpc) is 2.73. The number of rotatable bonds is 12. The highest BCUT2D eigenvalue weighted by atomic mass is 16.6. The van der Waals surface area contributed by atoms with E-state index < -0.39 is 59.2 Å². The van der Waals surface area contributed by atoms with Crippen LogP contribution >= 0.6 is 0 Å². The van der Waals surface area contributed by atoms with Gasteiger partial charge < -0.3 is 37.2 Å². The molecule has 0 bridgehead atoms. The molecular formula is C19H28N6O8. The number of anilines is 1. The number of carboxylic acid groups (broad SMARTS) is 1. The molecule has 0 heterocycles. The van der Waals surface area contributed by atoms with Gasteiger partial charge in [0.25, 0.3) is 5.69 Å². The Kier molecular flexibility index (Phi) is 10.5. The Morgan fingerprint density at radius 1 is 1.15 bits per heavy atom. The van der Waals surface area contributed by atoms with Crippen LogP contribution in [0.4, 0.5) is 21.0 Å². The number of benzene rings is 1. The maximum Gasteiger partial charge on any atom is 0.405 e. The van der Waals surface area contributed by atoms with Gasteiger partial charge in [-0.3, -0.25) is 19.7 Å². The molecule has 0 aromatic heterocycles. The molecule has 1 aromatic carbocycles. The maximum absolute atomic E-state index is 12.8. The Morgan fingerprint density at radius 3 is 2.33 bits per heavy atom. The fraction of sp³-hybridized carbons (Fsp3) is 0.474. The van der Waals surface area contributed by atoms with Crippen molar-refractivity contribution < 1.29 is 34.3 Å². The molecule has 0 fully saturated rings. The SMILES string of the molecule is CC(C)[C@H](NC(=O)O)C(=O)N[C@@H](CCCNC(N)=O)C(=O)Nc1ccc(CO)c([N+](=O)[O-])c1. The highest BCUT2D eigenvalue weighted by molar-refractivity contribution is 5.98. The number of nitrogens with two attached hydrogens (primary N) is 1. The zero-order chi connectivity index (χ0) is 25.1. The Labute approximate surface area is 189 Å². The Morgan fingerprint density at radius 2 is 1.82 bits per heavy atom. The largest absolute Gasteiger partial charge is 0.465 e. The van der Waals surface area contributed by atoms with Crippen LogP contribution in [-0.4, -0.2) is 57.7 Å². The van der Waals surface area contributed by atoms with Crippen molar-refractivity contribution in [3.8, 4) is 0 Å². The summed E-state index contributed by atoms with van der Waals surface area (Å²) in [6.07, 6.45) is -1.12. The van der Waals surface area contributed by atoms with Gasteiger partial charge in [0, 0.05) is 18.3 Å². The number of nitrogens with zero attached hydrogens (tertiary/aromatic N) is 1. The number of hydrogen-bond acceptors (Lipinski definition) is 7. The number of hydrogen-bond donors (Lipinski definition) is 7. The number of primary amides is 1. The number of nitrogens with one attached hydrogen (secondary N) is 4. The summed E-state index contributed by atoms with van der Waals surface area (Å²) in [6, 6.07) is 0.658. The lowest BCUT2D eigenvalue weighted by molar-refractivity contribution is -0.385. The summed E-state index contributed by atoms with van der Waals surface area (Å²) in [6.45, 7) is 2.79. The molecule has 0 saturated carbocycles. The molecule has 14 heteroatoms. The third-order valence-corrected chi connectivity index (χ3v) is 4.55. The second kappa shape index (κ2) is 12.8. The predicted octanol–water partition coefficient (Wildman–Crippen LogP) is 0.251. The van der Waals surface area contributed by atoms with Gasteiger partial charge in [-0.2, -0.15) is 0 Å². The zero-order valence-electron chi connectivity index (χ0n) is 18.2. The first-order valence-corrected chi connectivity index (χ1v) is 9.98. The van der Waals surface area contributed by atoms with E-state index in [1.165, 1.54) is 12.1 Å². The molecule has 1 aromatic rings. The first kappa shape index (κ1) is 27.1. The van der Waals surface area contributed by atoms with Crippen molar-refractivity contribution in [3.05, 3.63) is 33.9 Å². The van der Waals surface area contributed by atoms with Crippen molar-refractivity contribution in [2.45, 2.75) is 45.4 Å². The van der Waals surface area contributed by atoms with Crippen molar-refractivity contribution in [1.29, 1.82) is 0 Å². The summed E-state index contributed by atoms with van der Waals surface area (Å²) < 4.78 is 0. The highest BCUT2D eigenvalue weighted by Crippen LogP contribution is 2.23. The topological polar surface area (TPSA) is 226 Å². The summed E-state index contributed by atoms with van der Waals surface area (Å²) in [4.78, 5) is 57.8. The zero-order valence-corrected chi connectivity index (χ0v) is 18.2. The second-order valence-electron chi connectivity index (χ2n) is 7.41. The maximum atomic E-state index is 12.8. The molecule has 0 aliphatic heterocycles. The van der Waals surface area contributed by atoms with Crippen LogP contribution in [0.15, 0.2) is 18.2 Å². The summed E-state index contributed by atoms with van der Waals surface area (Å²) in [5, 5.41) is 38.7. The molecule has 1 rings (SSSR count). The van der Waals surface area contributed by atoms with E-state index >= 15 is 0 Å². The monoisotopic (exact) mass is 468 g/mol. The molecule has 0 saturated heterocycles. The number of nitro benzene ring substituents is 1. The molecule has 8 N–H and O–H groups in total. The van der Waals surface area contributed by atoms with Crippen LogP contribution in [0.5, 0.6) is 0 Å². The van der Waals surface area contributed by atoms with Gasteiger partial charge in [-0.1, -0.05) is 13.8 Å². The molecule has 0 aliphatic carbocycles. The number of aliphatic hydroxyl groups is 1. The third kappa shape index (κ3) is 8.98. The van der Waals surface area contributed by atoms with Gasteiger partial charge in [-0.25, -0.2) is 9.59 Å². The minimum Gasteiger partial charge on any atom is -0.465 e. The molecule has 0 radical (unpaired) electrons. The van der Waals surface area contributed by atoms with Crippen LogP contribution in [0.1, 0.15) is 32.3 Å². The Balaban J connectivity index is 3.04. The van der Waals surface area contributed by atoms with Gasteiger partial charge >= 0.3 is 12.1 Å². The number of carbonyl (C=O) groups excluding carboxylic acids is 3. The normalized spacial score (nSPS) is 12.4. The van der Waals surface area contributed by atoms with E-state index in [0.29, 0.717) is 0 Å². The minimum absolute atomic E-state index is 0.0482. The fourth-order valence-corrected chi connectivity index (χ4v) is 2.89. The Hall–Kier alpha value is -3.94. The predicted molar refractivity (Wildman–Crippen MR) is 116 cm³/mol. The number of carbonyl (C=O) groups is 4. The van der Waals surface area contributed by atoms with E-state index in [4.69, 9.17) is 10.8 Å². The summed E-state index contributed by atoms with van der Waals surface area (Å²) in [5.41, 5.74) is 4.71. The van der Waals surface area contributed by atoms with E-state index in [1.807, 2.05) is 0 Å². The van der Waals surface area contributed by atoms with E-state index in [0.717, 1.165) is 6.07 Å². The van der Waals surface area contributed by atoms with E-state index in [1.54, 1.807) is 13.8 Å². The van der Waals surface area contributed by atoms with Crippen molar-refractivity contribution in [3.63, 3.8) is 0 Å². The molecule has 5 amide bonds. The summed E-state index contributed by atoms with van der Waals surface area (Å²) in [7, 11) is 0. The van der Waals surface area contributed by atoms with Crippen LogP contribution < -0.4 is 27.0 Å². The standard InChI is InChI=1S/C19H28N6O8/c1-10(2)15(24-19(30)31)17(28)23-13(4-3-7-21-18(20)29)16(27)22-12-6-5-11(9-26)14(8-12)25(32)33/h5-6,8,10,13,15,24,26H,3-4,7,9H2,1-2H3,(H,22,27)(H,23,28)(H,30,31)(H3,20,21,29)/t13-,15-/m0/s1. The van der Waals surface area contributed by atoms with Crippen molar-refractivity contribution >= 4 is 35.3 Å². The van der Waals surface area contributed by atoms with Gasteiger partial charge in [-0.15, -0.1) is 0 Å². The van der Waals surface area contributed by atoms with E-state index in [2.05, 4.69) is 21.3 Å². The van der Waals surface area contributed by atoms with Crippen LogP contribution in [0.2, 0.25) is 0 Å². The summed E-state index contributed by atoms with van der Waals surface area (Å²) >= 11 is 0. The van der Waals surface area contributed by atoms with E-state index in [-0.39, 0.29) is 30.6 Å². The first-order chi connectivity index (χ1) is 15.5. The van der Waals surface area contributed by atoms with Gasteiger partial charge in [0.1, 0.15) is 12.1 Å². The third-order valence-electron chi connectivity index (χ3n) is 4.55. The van der Waals surface area contributed by atoms with Crippen molar-refractivity contribution in [2.75, 3.05) is 11.9 Å². The molecular weight excluding hydrogens is 440 g/mol. The molecule has 33 heavy (non-hydrogen) atoms. The molecule has 0 aliphatic rings. The van der Waals surface area contributed by atoms with Gasteiger partial charge in [0.15, 0.2) is 0 Å². The highest BCUT2D eigenvalue weighted by Gasteiger charge is 2.29. The van der Waals surface area contributed by atoms with Crippen molar-refractivity contribution in [2.24, 2.45) is 11.7 Å².